The van der Waals surface area contributed by atoms with Gasteiger partial charge in [0.15, 0.2) is 0 Å². The Balaban J connectivity index is 0.00000196. The molecule has 0 saturated carbocycles. The van der Waals surface area contributed by atoms with Crippen LogP contribution in [0.5, 0.6) is 0 Å². The minimum atomic E-state index is -0.575. The Kier molecular flexibility index (Phi) is 7.99. The molecule has 0 saturated heterocycles. The van der Waals surface area contributed by atoms with E-state index >= 15 is 0 Å². The third-order valence-electron chi connectivity index (χ3n) is 4.32. The van der Waals surface area contributed by atoms with Crippen molar-refractivity contribution in [1.29, 1.82) is 0 Å². The Bertz CT molecular complexity index is 986. The molecule has 152 valence electrons. The van der Waals surface area contributed by atoms with Crippen molar-refractivity contribution >= 4 is 47.4 Å². The summed E-state index contributed by atoms with van der Waals surface area (Å²) in [4.78, 5) is 16.5. The van der Waals surface area contributed by atoms with Gasteiger partial charge in [-0.25, -0.2) is 9.37 Å². The Morgan fingerprint density at radius 2 is 1.82 bits per heavy atom. The Hall–Kier alpha value is -2.15. The molecular formula is C20H25Cl2FN4O. The molecule has 0 aliphatic carbocycles. The molecule has 1 atom stereocenters. The molecule has 0 bridgehead atoms. The lowest BCUT2D eigenvalue weighted by atomic mass is 10.1. The Morgan fingerprint density at radius 1 is 1.14 bits per heavy atom. The number of anilines is 1. The molecule has 1 amide bonds. The number of nitrogens with one attached hydrogen (secondary N) is 1. The maximum absolute atomic E-state index is 13.6. The summed E-state index contributed by atoms with van der Waals surface area (Å²) >= 11 is 0. The van der Waals surface area contributed by atoms with Crippen LogP contribution in [-0.4, -0.2) is 21.5 Å². The molecule has 0 radical (unpaired) electrons. The van der Waals surface area contributed by atoms with Crippen LogP contribution in [-0.2, 0) is 4.79 Å². The maximum atomic E-state index is 13.6. The summed E-state index contributed by atoms with van der Waals surface area (Å²) in [5, 5.41) is 2.82. The van der Waals surface area contributed by atoms with E-state index in [1.165, 1.54) is 12.1 Å². The molecule has 3 N–H and O–H groups in total. The number of fused-ring (bicyclic) bond motifs is 1. The SMILES string of the molecule is Cc1cc(-c2nc3cc(F)ccc3n2C(C)C)ccc1NC(=O)C(C)N.Cl.Cl. The zero-order valence-electron chi connectivity index (χ0n) is 16.2. The molecule has 0 spiro atoms. The fourth-order valence-corrected chi connectivity index (χ4v) is 2.99. The van der Waals surface area contributed by atoms with E-state index in [9.17, 15) is 9.18 Å². The molecule has 0 aliphatic rings. The van der Waals surface area contributed by atoms with Crippen molar-refractivity contribution < 1.29 is 9.18 Å². The van der Waals surface area contributed by atoms with Crippen LogP contribution in [0.4, 0.5) is 10.1 Å². The lowest BCUT2D eigenvalue weighted by molar-refractivity contribution is -0.117. The van der Waals surface area contributed by atoms with Crippen LogP contribution in [0.1, 0.15) is 32.4 Å². The highest BCUT2D eigenvalue weighted by Gasteiger charge is 2.17. The molecule has 5 nitrogen and oxygen atoms in total. The second kappa shape index (κ2) is 9.37. The van der Waals surface area contributed by atoms with Crippen molar-refractivity contribution in [3.63, 3.8) is 0 Å². The van der Waals surface area contributed by atoms with Crippen LogP contribution >= 0.6 is 24.8 Å². The number of carbonyl (C=O) groups is 1. The monoisotopic (exact) mass is 426 g/mol. The fraction of sp³-hybridized carbons (Fsp3) is 0.300. The van der Waals surface area contributed by atoms with Crippen LogP contribution < -0.4 is 11.1 Å². The number of aryl methyl sites for hydroxylation is 1. The first-order chi connectivity index (χ1) is 12.3. The summed E-state index contributed by atoms with van der Waals surface area (Å²) in [7, 11) is 0. The molecule has 28 heavy (non-hydrogen) atoms. The number of hydrogen-bond acceptors (Lipinski definition) is 3. The summed E-state index contributed by atoms with van der Waals surface area (Å²) in [6.45, 7) is 7.70. The number of amides is 1. The Morgan fingerprint density at radius 3 is 2.39 bits per heavy atom. The van der Waals surface area contributed by atoms with Gasteiger partial charge in [0.2, 0.25) is 5.91 Å². The predicted molar refractivity (Wildman–Crippen MR) is 117 cm³/mol. The van der Waals surface area contributed by atoms with Crippen LogP contribution in [0.25, 0.3) is 22.4 Å². The number of nitrogens with two attached hydrogens (primary N) is 1. The van der Waals surface area contributed by atoms with Gasteiger partial charge >= 0.3 is 0 Å². The molecule has 1 heterocycles. The summed E-state index contributed by atoms with van der Waals surface area (Å²) in [5.41, 5.74) is 9.66. The smallest absolute Gasteiger partial charge is 0.241 e. The van der Waals surface area contributed by atoms with E-state index in [2.05, 4.69) is 28.7 Å². The van der Waals surface area contributed by atoms with Crippen molar-refractivity contribution in [3.05, 3.63) is 47.8 Å². The zero-order chi connectivity index (χ0) is 19.0. The molecular weight excluding hydrogens is 402 g/mol. The summed E-state index contributed by atoms with van der Waals surface area (Å²) < 4.78 is 15.7. The van der Waals surface area contributed by atoms with Crippen LogP contribution in [0.2, 0.25) is 0 Å². The van der Waals surface area contributed by atoms with E-state index in [1.807, 2.05) is 25.1 Å². The average molecular weight is 427 g/mol. The third-order valence-corrected chi connectivity index (χ3v) is 4.32. The van der Waals surface area contributed by atoms with Crippen molar-refractivity contribution in [3.8, 4) is 11.4 Å². The summed E-state index contributed by atoms with van der Waals surface area (Å²) in [6.07, 6.45) is 0. The van der Waals surface area contributed by atoms with Gasteiger partial charge in [-0.3, -0.25) is 4.79 Å². The van der Waals surface area contributed by atoms with Gasteiger partial charge in [-0.2, -0.15) is 0 Å². The van der Waals surface area contributed by atoms with Crippen LogP contribution in [0, 0.1) is 12.7 Å². The highest BCUT2D eigenvalue weighted by Crippen LogP contribution is 2.30. The number of benzene rings is 2. The highest BCUT2D eigenvalue weighted by molar-refractivity contribution is 5.95. The van der Waals surface area contributed by atoms with Crippen molar-refractivity contribution in [2.24, 2.45) is 5.73 Å². The topological polar surface area (TPSA) is 72.9 Å². The highest BCUT2D eigenvalue weighted by atomic mass is 35.5. The minimum Gasteiger partial charge on any atom is -0.325 e. The van der Waals surface area contributed by atoms with Gasteiger partial charge in [-0.1, -0.05) is 0 Å². The number of nitrogens with zero attached hydrogens (tertiary/aromatic N) is 2. The predicted octanol–water partition coefficient (Wildman–Crippen LogP) is 4.86. The fourth-order valence-electron chi connectivity index (χ4n) is 2.99. The van der Waals surface area contributed by atoms with E-state index in [4.69, 9.17) is 5.73 Å². The number of halogens is 3. The van der Waals surface area contributed by atoms with E-state index in [-0.39, 0.29) is 42.6 Å². The third kappa shape index (κ3) is 4.63. The molecule has 1 unspecified atom stereocenters. The lowest BCUT2D eigenvalue weighted by Gasteiger charge is -2.15. The van der Waals surface area contributed by atoms with Gasteiger partial charge in [0.05, 0.1) is 17.1 Å². The molecule has 3 rings (SSSR count). The van der Waals surface area contributed by atoms with Crippen molar-refractivity contribution in [1.82, 2.24) is 9.55 Å². The summed E-state index contributed by atoms with van der Waals surface area (Å²) in [6, 6.07) is 9.95. The van der Waals surface area contributed by atoms with E-state index in [0.29, 0.717) is 11.2 Å². The average Bonchev–Trinajstić information content (AvgIpc) is 2.95. The van der Waals surface area contributed by atoms with Gasteiger partial charge < -0.3 is 15.6 Å². The quantitative estimate of drug-likeness (QED) is 0.625. The number of imidazole rings is 1. The molecule has 2 aromatic carbocycles. The molecule has 8 heteroatoms. The van der Waals surface area contributed by atoms with Gasteiger partial charge in [0.1, 0.15) is 11.6 Å². The van der Waals surface area contributed by atoms with Crippen molar-refractivity contribution in [2.75, 3.05) is 5.32 Å². The first-order valence-corrected chi connectivity index (χ1v) is 8.63. The molecule has 1 aromatic heterocycles. The van der Waals surface area contributed by atoms with Gasteiger partial charge in [-0.05, 0) is 63.6 Å². The van der Waals surface area contributed by atoms with Crippen LogP contribution in [0.3, 0.4) is 0 Å². The number of hydrogen-bond donors (Lipinski definition) is 2. The first-order valence-electron chi connectivity index (χ1n) is 8.63. The largest absolute Gasteiger partial charge is 0.325 e. The molecule has 0 aliphatic heterocycles. The second-order valence-electron chi connectivity index (χ2n) is 6.84. The zero-order valence-corrected chi connectivity index (χ0v) is 17.8. The number of carbonyl (C=O) groups excluding carboxylic acids is 1. The first kappa shape index (κ1) is 23.9. The van der Waals surface area contributed by atoms with E-state index in [1.54, 1.807) is 13.0 Å². The molecule has 0 fully saturated rings. The van der Waals surface area contributed by atoms with E-state index < -0.39 is 6.04 Å². The standard InChI is InChI=1S/C20H23FN4O.2ClH/c1-11(2)25-18-8-6-15(21)10-17(18)23-19(25)14-5-7-16(12(3)9-14)24-20(26)13(4)22;;/h5-11,13H,22H2,1-4H3,(H,24,26);2*1H. The number of aromatic nitrogens is 2. The second-order valence-corrected chi connectivity index (χ2v) is 6.84. The van der Waals surface area contributed by atoms with E-state index in [0.717, 1.165) is 22.5 Å². The lowest BCUT2D eigenvalue weighted by Crippen LogP contribution is -2.32. The molecule has 3 aromatic rings. The number of rotatable bonds is 4. The maximum Gasteiger partial charge on any atom is 0.241 e. The van der Waals surface area contributed by atoms with Crippen LogP contribution in [0.15, 0.2) is 36.4 Å². The summed E-state index contributed by atoms with van der Waals surface area (Å²) in [5.74, 6) is 0.238. The minimum absolute atomic E-state index is 0. The van der Waals surface area contributed by atoms with Gasteiger partial charge in [-0.15, -0.1) is 24.8 Å². The van der Waals surface area contributed by atoms with Gasteiger partial charge in [0.25, 0.3) is 0 Å². The normalized spacial score (nSPS) is 11.7. The Labute approximate surface area is 176 Å². The van der Waals surface area contributed by atoms with Crippen molar-refractivity contribution in [2.45, 2.75) is 39.8 Å². The van der Waals surface area contributed by atoms with Gasteiger partial charge in [0, 0.05) is 23.4 Å².